The van der Waals surface area contributed by atoms with Crippen LogP contribution in [0.5, 0.6) is 0 Å². The van der Waals surface area contributed by atoms with Gasteiger partial charge in [0.2, 0.25) is 10.0 Å². The highest BCUT2D eigenvalue weighted by Crippen LogP contribution is 2.26. The highest BCUT2D eigenvalue weighted by molar-refractivity contribution is 7.89. The molecular formula is C14H18N4O2S. The SMILES string of the molecule is CCNc1ccccc1S(=O)(=O)N1CCn2ccnc2C1. The van der Waals surface area contributed by atoms with Crippen LogP contribution in [0, 0.1) is 0 Å². The fraction of sp³-hybridized carbons (Fsp3) is 0.357. The third kappa shape index (κ3) is 2.54. The van der Waals surface area contributed by atoms with E-state index in [0.717, 1.165) is 5.82 Å². The lowest BCUT2D eigenvalue weighted by atomic mass is 10.3. The average Bonchev–Trinajstić information content (AvgIpc) is 2.95. The molecule has 1 aromatic heterocycles. The van der Waals surface area contributed by atoms with Crippen molar-refractivity contribution < 1.29 is 8.42 Å². The molecule has 3 rings (SSSR count). The van der Waals surface area contributed by atoms with Gasteiger partial charge < -0.3 is 9.88 Å². The van der Waals surface area contributed by atoms with E-state index in [9.17, 15) is 8.42 Å². The summed E-state index contributed by atoms with van der Waals surface area (Å²) in [5, 5.41) is 3.11. The molecule has 7 heteroatoms. The van der Waals surface area contributed by atoms with Gasteiger partial charge in [-0.05, 0) is 19.1 Å². The molecule has 0 spiro atoms. The van der Waals surface area contributed by atoms with Gasteiger partial charge in [0.1, 0.15) is 10.7 Å². The number of rotatable bonds is 4. The first kappa shape index (κ1) is 14.1. The summed E-state index contributed by atoms with van der Waals surface area (Å²) in [5.74, 6) is 0.783. The van der Waals surface area contributed by atoms with Crippen LogP contribution in [0.3, 0.4) is 0 Å². The van der Waals surface area contributed by atoms with Crippen molar-refractivity contribution in [3.8, 4) is 0 Å². The normalized spacial score (nSPS) is 15.7. The molecule has 0 unspecified atom stereocenters. The minimum Gasteiger partial charge on any atom is -0.384 e. The maximum atomic E-state index is 12.9. The molecule has 0 atom stereocenters. The Balaban J connectivity index is 1.95. The smallest absolute Gasteiger partial charge is 0.245 e. The van der Waals surface area contributed by atoms with Crippen molar-refractivity contribution in [2.45, 2.75) is 24.9 Å². The number of nitrogens with one attached hydrogen (secondary N) is 1. The Bertz CT molecular complexity index is 739. The Kier molecular flexibility index (Phi) is 3.69. The number of imidazole rings is 1. The summed E-state index contributed by atoms with van der Waals surface area (Å²) in [4.78, 5) is 4.54. The van der Waals surface area contributed by atoms with Crippen LogP contribution in [-0.2, 0) is 23.1 Å². The second-order valence-electron chi connectivity index (χ2n) is 4.90. The number of para-hydroxylation sites is 1. The van der Waals surface area contributed by atoms with Gasteiger partial charge in [-0.2, -0.15) is 4.31 Å². The standard InChI is InChI=1S/C14H18N4O2S/c1-2-15-12-5-3-4-6-13(12)21(19,20)18-10-9-17-8-7-16-14(17)11-18/h3-8,15H,2,9-11H2,1H3. The third-order valence-corrected chi connectivity index (χ3v) is 5.49. The molecule has 1 aromatic carbocycles. The van der Waals surface area contributed by atoms with Crippen LogP contribution in [0.25, 0.3) is 0 Å². The van der Waals surface area contributed by atoms with E-state index in [2.05, 4.69) is 10.3 Å². The Morgan fingerprint density at radius 3 is 2.90 bits per heavy atom. The van der Waals surface area contributed by atoms with Crippen molar-refractivity contribution in [3.05, 3.63) is 42.5 Å². The molecule has 21 heavy (non-hydrogen) atoms. The van der Waals surface area contributed by atoms with E-state index in [1.54, 1.807) is 24.4 Å². The first-order chi connectivity index (χ1) is 10.1. The second kappa shape index (κ2) is 5.50. The molecule has 2 aromatic rings. The van der Waals surface area contributed by atoms with E-state index in [1.165, 1.54) is 4.31 Å². The van der Waals surface area contributed by atoms with E-state index >= 15 is 0 Å². The minimum atomic E-state index is -3.52. The van der Waals surface area contributed by atoms with Gasteiger partial charge in [-0.25, -0.2) is 13.4 Å². The number of sulfonamides is 1. The summed E-state index contributed by atoms with van der Waals surface area (Å²) < 4.78 is 29.2. The van der Waals surface area contributed by atoms with Gasteiger partial charge in [-0.3, -0.25) is 0 Å². The van der Waals surface area contributed by atoms with Crippen LogP contribution in [0.4, 0.5) is 5.69 Å². The summed E-state index contributed by atoms with van der Waals surface area (Å²) in [6.45, 7) is 4.04. The summed E-state index contributed by atoms with van der Waals surface area (Å²) in [5.41, 5.74) is 0.647. The number of hydrogen-bond donors (Lipinski definition) is 1. The van der Waals surface area contributed by atoms with Crippen molar-refractivity contribution in [1.29, 1.82) is 0 Å². The monoisotopic (exact) mass is 306 g/mol. The Hall–Kier alpha value is -1.86. The largest absolute Gasteiger partial charge is 0.384 e. The van der Waals surface area contributed by atoms with Crippen LogP contribution < -0.4 is 5.32 Å². The van der Waals surface area contributed by atoms with Crippen molar-refractivity contribution in [3.63, 3.8) is 0 Å². The molecular weight excluding hydrogens is 288 g/mol. The lowest BCUT2D eigenvalue weighted by molar-refractivity contribution is 0.335. The quantitative estimate of drug-likeness (QED) is 0.930. The molecule has 112 valence electrons. The fourth-order valence-corrected chi connectivity index (χ4v) is 4.08. The number of anilines is 1. The number of hydrogen-bond acceptors (Lipinski definition) is 4. The molecule has 1 N–H and O–H groups in total. The lowest BCUT2D eigenvalue weighted by Crippen LogP contribution is -2.38. The zero-order valence-electron chi connectivity index (χ0n) is 11.9. The summed E-state index contributed by atoms with van der Waals surface area (Å²) in [6, 6.07) is 7.02. The molecule has 0 saturated heterocycles. The average molecular weight is 306 g/mol. The first-order valence-electron chi connectivity index (χ1n) is 6.96. The molecule has 1 aliphatic heterocycles. The predicted molar refractivity (Wildman–Crippen MR) is 80.4 cm³/mol. The highest BCUT2D eigenvalue weighted by Gasteiger charge is 2.30. The molecule has 0 saturated carbocycles. The maximum Gasteiger partial charge on any atom is 0.245 e. The van der Waals surface area contributed by atoms with E-state index < -0.39 is 10.0 Å². The second-order valence-corrected chi connectivity index (χ2v) is 6.81. The Labute approximate surface area is 124 Å². The summed E-state index contributed by atoms with van der Waals surface area (Å²) >= 11 is 0. The zero-order valence-corrected chi connectivity index (χ0v) is 12.7. The third-order valence-electron chi connectivity index (χ3n) is 3.58. The lowest BCUT2D eigenvalue weighted by Gasteiger charge is -2.27. The van der Waals surface area contributed by atoms with E-state index in [1.807, 2.05) is 23.8 Å². The molecule has 0 radical (unpaired) electrons. The van der Waals surface area contributed by atoms with E-state index in [4.69, 9.17) is 0 Å². The van der Waals surface area contributed by atoms with Crippen molar-refractivity contribution in [1.82, 2.24) is 13.9 Å². The summed E-state index contributed by atoms with van der Waals surface area (Å²) in [7, 11) is -3.52. The Morgan fingerprint density at radius 2 is 2.10 bits per heavy atom. The molecule has 6 nitrogen and oxygen atoms in total. The van der Waals surface area contributed by atoms with Gasteiger partial charge in [0, 0.05) is 32.0 Å². The molecule has 0 amide bonds. The van der Waals surface area contributed by atoms with Crippen LogP contribution in [0.1, 0.15) is 12.7 Å². The van der Waals surface area contributed by atoms with Crippen LogP contribution in [0.15, 0.2) is 41.6 Å². The Morgan fingerprint density at radius 1 is 1.29 bits per heavy atom. The molecule has 1 aliphatic rings. The first-order valence-corrected chi connectivity index (χ1v) is 8.40. The number of fused-ring (bicyclic) bond motifs is 1. The van der Waals surface area contributed by atoms with Gasteiger partial charge >= 0.3 is 0 Å². The van der Waals surface area contributed by atoms with Crippen LogP contribution in [0.2, 0.25) is 0 Å². The van der Waals surface area contributed by atoms with Crippen LogP contribution >= 0.6 is 0 Å². The van der Waals surface area contributed by atoms with Crippen molar-refractivity contribution in [2.75, 3.05) is 18.4 Å². The maximum absolute atomic E-state index is 12.9. The predicted octanol–water partition coefficient (Wildman–Crippen LogP) is 1.52. The van der Waals surface area contributed by atoms with Gasteiger partial charge in [0.25, 0.3) is 0 Å². The van der Waals surface area contributed by atoms with E-state index in [-0.39, 0.29) is 0 Å². The number of nitrogens with zero attached hydrogens (tertiary/aromatic N) is 3. The number of aromatic nitrogens is 2. The number of benzene rings is 1. The molecule has 0 aliphatic carbocycles. The summed E-state index contributed by atoms with van der Waals surface area (Å²) in [6.07, 6.45) is 3.59. The van der Waals surface area contributed by atoms with Gasteiger partial charge in [-0.1, -0.05) is 12.1 Å². The topological polar surface area (TPSA) is 67.2 Å². The van der Waals surface area contributed by atoms with Crippen molar-refractivity contribution >= 4 is 15.7 Å². The van der Waals surface area contributed by atoms with Gasteiger partial charge in [0.15, 0.2) is 0 Å². The van der Waals surface area contributed by atoms with Crippen molar-refractivity contribution in [2.24, 2.45) is 0 Å². The van der Waals surface area contributed by atoms with Crippen LogP contribution in [-0.4, -0.2) is 35.4 Å². The molecule has 2 heterocycles. The zero-order chi connectivity index (χ0) is 14.9. The molecule has 0 fully saturated rings. The van der Waals surface area contributed by atoms with Gasteiger partial charge in [0.05, 0.1) is 12.2 Å². The van der Waals surface area contributed by atoms with E-state index in [0.29, 0.717) is 36.8 Å². The fourth-order valence-electron chi connectivity index (χ4n) is 2.52. The molecule has 0 bridgehead atoms. The van der Waals surface area contributed by atoms with Gasteiger partial charge in [-0.15, -0.1) is 0 Å². The highest BCUT2D eigenvalue weighted by atomic mass is 32.2. The minimum absolute atomic E-state index is 0.315.